The molecule has 21 heavy (non-hydrogen) atoms. The molecule has 118 valence electrons. The molecule has 1 saturated heterocycles. The van der Waals surface area contributed by atoms with Crippen LogP contribution in [0.15, 0.2) is 24.3 Å². The van der Waals surface area contributed by atoms with Crippen LogP contribution in [-0.2, 0) is 22.6 Å². The average molecular weight is 291 g/mol. The maximum Gasteiger partial charge on any atom is 0.0713 e. The summed E-state index contributed by atoms with van der Waals surface area (Å²) in [5.74, 6) is 0. The van der Waals surface area contributed by atoms with Gasteiger partial charge in [-0.25, -0.2) is 0 Å². The molecule has 1 unspecified atom stereocenters. The van der Waals surface area contributed by atoms with E-state index in [1.165, 1.54) is 11.1 Å². The summed E-state index contributed by atoms with van der Waals surface area (Å²) in [6, 6.07) is 9.23. The van der Waals surface area contributed by atoms with E-state index in [0.717, 1.165) is 38.8 Å². The van der Waals surface area contributed by atoms with Crippen LogP contribution in [0.5, 0.6) is 0 Å². The highest BCUT2D eigenvalue weighted by Gasteiger charge is 2.34. The first-order valence-corrected chi connectivity index (χ1v) is 8.15. The molecule has 3 nitrogen and oxygen atoms in total. The number of rotatable bonds is 7. The van der Waals surface area contributed by atoms with Crippen molar-refractivity contribution in [2.24, 2.45) is 0 Å². The van der Waals surface area contributed by atoms with E-state index in [1.54, 1.807) is 7.11 Å². The third-order valence-corrected chi connectivity index (χ3v) is 4.71. The van der Waals surface area contributed by atoms with E-state index in [-0.39, 0.29) is 5.60 Å². The number of hydrogen-bond donors (Lipinski definition) is 1. The number of nitrogens with one attached hydrogen (secondary N) is 1. The van der Waals surface area contributed by atoms with Crippen LogP contribution in [0.4, 0.5) is 0 Å². The second kappa shape index (κ2) is 7.92. The maximum absolute atomic E-state index is 6.03. The SMILES string of the molecule is CCC1(CC)CC(NCc2ccc(COC)cc2)CCO1. The van der Waals surface area contributed by atoms with E-state index in [4.69, 9.17) is 9.47 Å². The molecule has 0 radical (unpaired) electrons. The molecule has 0 spiro atoms. The Morgan fingerprint density at radius 1 is 1.19 bits per heavy atom. The summed E-state index contributed by atoms with van der Waals surface area (Å²) in [6.07, 6.45) is 4.45. The highest BCUT2D eigenvalue weighted by atomic mass is 16.5. The maximum atomic E-state index is 6.03. The van der Waals surface area contributed by atoms with Crippen molar-refractivity contribution in [3.63, 3.8) is 0 Å². The van der Waals surface area contributed by atoms with Crippen molar-refractivity contribution < 1.29 is 9.47 Å². The number of hydrogen-bond acceptors (Lipinski definition) is 3. The van der Waals surface area contributed by atoms with Crippen LogP contribution in [0.1, 0.15) is 50.7 Å². The van der Waals surface area contributed by atoms with Gasteiger partial charge in [0.1, 0.15) is 0 Å². The minimum atomic E-state index is 0.0955. The lowest BCUT2D eigenvalue weighted by Gasteiger charge is -2.40. The molecule has 1 aliphatic rings. The fraction of sp³-hybridized carbons (Fsp3) is 0.667. The fourth-order valence-corrected chi connectivity index (χ4v) is 3.13. The molecule has 0 aromatic heterocycles. The van der Waals surface area contributed by atoms with Gasteiger partial charge < -0.3 is 14.8 Å². The van der Waals surface area contributed by atoms with E-state index in [0.29, 0.717) is 12.6 Å². The van der Waals surface area contributed by atoms with Gasteiger partial charge in [0.05, 0.1) is 12.2 Å². The molecule has 0 bridgehead atoms. The van der Waals surface area contributed by atoms with Gasteiger partial charge in [0, 0.05) is 26.3 Å². The van der Waals surface area contributed by atoms with Crippen molar-refractivity contribution in [3.8, 4) is 0 Å². The minimum Gasteiger partial charge on any atom is -0.380 e. The van der Waals surface area contributed by atoms with Gasteiger partial charge >= 0.3 is 0 Å². The van der Waals surface area contributed by atoms with Crippen LogP contribution < -0.4 is 5.32 Å². The van der Waals surface area contributed by atoms with E-state index in [1.807, 2.05) is 0 Å². The molecule has 1 atom stereocenters. The van der Waals surface area contributed by atoms with Gasteiger partial charge in [-0.1, -0.05) is 38.1 Å². The number of methoxy groups -OCH3 is 1. The van der Waals surface area contributed by atoms with E-state index < -0.39 is 0 Å². The molecule has 2 rings (SSSR count). The first kappa shape index (κ1) is 16.5. The van der Waals surface area contributed by atoms with Crippen molar-refractivity contribution in [2.75, 3.05) is 13.7 Å². The molecule has 1 heterocycles. The largest absolute Gasteiger partial charge is 0.380 e. The molecule has 1 aromatic rings. The Morgan fingerprint density at radius 3 is 2.48 bits per heavy atom. The second-order valence-corrected chi connectivity index (χ2v) is 6.06. The molecule has 1 fully saturated rings. The standard InChI is InChI=1S/C18H29NO2/c1-4-18(5-2)12-17(10-11-21-18)19-13-15-6-8-16(9-7-15)14-20-3/h6-9,17,19H,4-5,10-14H2,1-3H3. The van der Waals surface area contributed by atoms with Gasteiger partial charge in [-0.3, -0.25) is 0 Å². The van der Waals surface area contributed by atoms with Gasteiger partial charge in [0.15, 0.2) is 0 Å². The minimum absolute atomic E-state index is 0.0955. The summed E-state index contributed by atoms with van der Waals surface area (Å²) >= 11 is 0. The Bertz CT molecular complexity index is 412. The summed E-state index contributed by atoms with van der Waals surface area (Å²) < 4.78 is 11.2. The zero-order chi connectivity index (χ0) is 15.1. The molecule has 1 aliphatic heterocycles. The Balaban J connectivity index is 1.84. The van der Waals surface area contributed by atoms with Crippen molar-refractivity contribution >= 4 is 0 Å². The molecule has 1 aromatic carbocycles. The van der Waals surface area contributed by atoms with Crippen LogP contribution >= 0.6 is 0 Å². The van der Waals surface area contributed by atoms with Crippen molar-refractivity contribution in [2.45, 2.75) is 64.3 Å². The first-order valence-electron chi connectivity index (χ1n) is 8.15. The third kappa shape index (κ3) is 4.53. The number of ether oxygens (including phenoxy) is 2. The zero-order valence-electron chi connectivity index (χ0n) is 13.7. The van der Waals surface area contributed by atoms with Gasteiger partial charge in [-0.05, 0) is 36.8 Å². The lowest BCUT2D eigenvalue weighted by atomic mass is 9.86. The Hall–Kier alpha value is -0.900. The average Bonchev–Trinajstić information content (AvgIpc) is 2.54. The zero-order valence-corrected chi connectivity index (χ0v) is 13.7. The summed E-state index contributed by atoms with van der Waals surface area (Å²) in [5.41, 5.74) is 2.65. The summed E-state index contributed by atoms with van der Waals surface area (Å²) in [5, 5.41) is 3.70. The monoisotopic (exact) mass is 291 g/mol. The molecule has 1 N–H and O–H groups in total. The molecule has 0 aliphatic carbocycles. The van der Waals surface area contributed by atoms with Crippen molar-refractivity contribution in [1.29, 1.82) is 0 Å². The Morgan fingerprint density at radius 2 is 1.86 bits per heavy atom. The second-order valence-electron chi connectivity index (χ2n) is 6.06. The topological polar surface area (TPSA) is 30.5 Å². The quantitative estimate of drug-likeness (QED) is 0.831. The summed E-state index contributed by atoms with van der Waals surface area (Å²) in [6.45, 7) is 6.97. The third-order valence-electron chi connectivity index (χ3n) is 4.71. The molecular formula is C18H29NO2. The van der Waals surface area contributed by atoms with Gasteiger partial charge in [0.25, 0.3) is 0 Å². The van der Waals surface area contributed by atoms with Gasteiger partial charge in [-0.2, -0.15) is 0 Å². The normalized spacial score (nSPS) is 21.4. The lowest BCUT2D eigenvalue weighted by Crippen LogP contribution is -2.46. The molecule has 0 amide bonds. The molecular weight excluding hydrogens is 262 g/mol. The van der Waals surface area contributed by atoms with Crippen LogP contribution in [0.3, 0.4) is 0 Å². The van der Waals surface area contributed by atoms with Crippen molar-refractivity contribution in [1.82, 2.24) is 5.32 Å². The highest BCUT2D eigenvalue weighted by Crippen LogP contribution is 2.31. The van der Waals surface area contributed by atoms with Crippen LogP contribution in [0.25, 0.3) is 0 Å². The Kier molecular flexibility index (Phi) is 6.22. The smallest absolute Gasteiger partial charge is 0.0713 e. The molecule has 3 heteroatoms. The first-order chi connectivity index (χ1) is 10.2. The van der Waals surface area contributed by atoms with E-state index in [2.05, 4.69) is 43.4 Å². The van der Waals surface area contributed by atoms with Gasteiger partial charge in [-0.15, -0.1) is 0 Å². The van der Waals surface area contributed by atoms with Crippen molar-refractivity contribution in [3.05, 3.63) is 35.4 Å². The number of benzene rings is 1. The Labute approximate surface area is 129 Å². The van der Waals surface area contributed by atoms with Gasteiger partial charge in [0.2, 0.25) is 0 Å². The summed E-state index contributed by atoms with van der Waals surface area (Å²) in [7, 11) is 1.73. The van der Waals surface area contributed by atoms with E-state index in [9.17, 15) is 0 Å². The molecule has 0 saturated carbocycles. The van der Waals surface area contributed by atoms with Crippen LogP contribution in [-0.4, -0.2) is 25.4 Å². The van der Waals surface area contributed by atoms with Crippen LogP contribution in [0, 0.1) is 0 Å². The fourth-order valence-electron chi connectivity index (χ4n) is 3.13. The highest BCUT2D eigenvalue weighted by molar-refractivity contribution is 5.22. The van der Waals surface area contributed by atoms with Crippen LogP contribution in [0.2, 0.25) is 0 Å². The predicted molar refractivity (Wildman–Crippen MR) is 86.3 cm³/mol. The predicted octanol–water partition coefficient (Wildman–Crippen LogP) is 3.66. The van der Waals surface area contributed by atoms with E-state index >= 15 is 0 Å². The lowest BCUT2D eigenvalue weighted by molar-refractivity contribution is -0.0932. The summed E-state index contributed by atoms with van der Waals surface area (Å²) in [4.78, 5) is 0.